The zero-order chi connectivity index (χ0) is 19.5. The van der Waals surface area contributed by atoms with Crippen LogP contribution in [0.3, 0.4) is 0 Å². The molecule has 1 heterocycles. The van der Waals surface area contributed by atoms with Gasteiger partial charge in [-0.3, -0.25) is 4.79 Å². The van der Waals surface area contributed by atoms with E-state index in [1.165, 1.54) is 19.2 Å². The van der Waals surface area contributed by atoms with E-state index in [9.17, 15) is 22.0 Å². The summed E-state index contributed by atoms with van der Waals surface area (Å²) in [4.78, 5) is 11.4. The van der Waals surface area contributed by atoms with Gasteiger partial charge in [-0.15, -0.1) is 0 Å². The van der Waals surface area contributed by atoms with Crippen LogP contribution in [-0.4, -0.2) is 51.6 Å². The SMILES string of the molecule is CCOC(=O)CC(C)c1cc(C(F)F)cc(S(=O)(=O)N(C)C[C@H]2CO2)c1. The molecule has 0 aromatic heterocycles. The molecule has 2 atom stereocenters. The normalized spacial score (nSPS) is 18.2. The van der Waals surface area contributed by atoms with E-state index in [0.717, 1.165) is 10.4 Å². The fourth-order valence-electron chi connectivity index (χ4n) is 2.53. The van der Waals surface area contributed by atoms with Gasteiger partial charge in [-0.05, 0) is 36.6 Å². The zero-order valence-electron chi connectivity index (χ0n) is 14.9. The number of nitrogens with zero attached hydrogens (tertiary/aromatic N) is 1. The smallest absolute Gasteiger partial charge is 0.306 e. The molecule has 1 unspecified atom stereocenters. The molecule has 0 aliphatic carbocycles. The van der Waals surface area contributed by atoms with Gasteiger partial charge >= 0.3 is 5.97 Å². The number of esters is 1. The van der Waals surface area contributed by atoms with Crippen molar-refractivity contribution >= 4 is 16.0 Å². The summed E-state index contributed by atoms with van der Waals surface area (Å²) in [6.45, 7) is 4.20. The maximum atomic E-state index is 13.3. The average molecular weight is 391 g/mol. The van der Waals surface area contributed by atoms with Gasteiger partial charge < -0.3 is 9.47 Å². The number of epoxide rings is 1. The lowest BCUT2D eigenvalue weighted by Crippen LogP contribution is -2.30. The van der Waals surface area contributed by atoms with Crippen molar-refractivity contribution in [3.63, 3.8) is 0 Å². The van der Waals surface area contributed by atoms with Crippen LogP contribution in [0.15, 0.2) is 23.1 Å². The van der Waals surface area contributed by atoms with E-state index in [2.05, 4.69) is 0 Å². The van der Waals surface area contributed by atoms with Crippen LogP contribution < -0.4 is 0 Å². The van der Waals surface area contributed by atoms with E-state index in [0.29, 0.717) is 12.2 Å². The third-order valence-corrected chi connectivity index (χ3v) is 5.92. The Labute approximate surface area is 152 Å². The first kappa shape index (κ1) is 20.7. The quantitative estimate of drug-likeness (QED) is 0.478. The summed E-state index contributed by atoms with van der Waals surface area (Å²) in [6, 6.07) is 3.55. The number of carbonyl (C=O) groups excluding carboxylic acids is 1. The minimum Gasteiger partial charge on any atom is -0.466 e. The van der Waals surface area contributed by atoms with Gasteiger partial charge in [0.1, 0.15) is 0 Å². The van der Waals surface area contributed by atoms with Crippen LogP contribution in [0.4, 0.5) is 8.78 Å². The second-order valence-electron chi connectivity index (χ2n) is 6.29. The van der Waals surface area contributed by atoms with Crippen LogP contribution in [0, 0.1) is 0 Å². The van der Waals surface area contributed by atoms with E-state index in [1.807, 2.05) is 0 Å². The minimum atomic E-state index is -3.94. The minimum absolute atomic E-state index is 0.0221. The highest BCUT2D eigenvalue weighted by atomic mass is 32.2. The lowest BCUT2D eigenvalue weighted by Gasteiger charge is -2.19. The Bertz CT molecular complexity index is 750. The molecule has 1 fully saturated rings. The second-order valence-corrected chi connectivity index (χ2v) is 8.33. The van der Waals surface area contributed by atoms with Crippen molar-refractivity contribution in [3.8, 4) is 0 Å². The summed E-state index contributed by atoms with van der Waals surface area (Å²) >= 11 is 0. The third-order valence-electron chi connectivity index (χ3n) is 4.12. The van der Waals surface area contributed by atoms with Gasteiger partial charge in [0.15, 0.2) is 0 Å². The van der Waals surface area contributed by atoms with Gasteiger partial charge in [-0.25, -0.2) is 17.2 Å². The number of sulfonamides is 1. The predicted octanol–water partition coefficient (Wildman–Crippen LogP) is 2.70. The molecule has 0 spiro atoms. The topological polar surface area (TPSA) is 76.2 Å². The van der Waals surface area contributed by atoms with E-state index in [-0.39, 0.29) is 30.6 Å². The van der Waals surface area contributed by atoms with Crippen LogP contribution in [-0.2, 0) is 24.3 Å². The maximum Gasteiger partial charge on any atom is 0.306 e. The number of benzene rings is 1. The molecule has 9 heteroatoms. The molecule has 0 N–H and O–H groups in total. The molecule has 0 saturated carbocycles. The molecule has 1 saturated heterocycles. The molecule has 146 valence electrons. The van der Waals surface area contributed by atoms with Gasteiger partial charge in [0.25, 0.3) is 6.43 Å². The van der Waals surface area contributed by atoms with Crippen molar-refractivity contribution < 1.29 is 31.5 Å². The molecule has 1 aromatic rings. The Balaban J connectivity index is 2.33. The van der Waals surface area contributed by atoms with Crippen LogP contribution in [0.1, 0.15) is 43.7 Å². The monoisotopic (exact) mass is 391 g/mol. The summed E-state index contributed by atoms with van der Waals surface area (Å²) in [5.41, 5.74) is -0.0432. The van der Waals surface area contributed by atoms with Gasteiger partial charge in [0, 0.05) is 19.2 Å². The number of carbonyl (C=O) groups is 1. The highest BCUT2D eigenvalue weighted by Crippen LogP contribution is 2.30. The molecule has 2 rings (SSSR count). The Hall–Kier alpha value is -1.58. The number of rotatable bonds is 9. The lowest BCUT2D eigenvalue weighted by molar-refractivity contribution is -0.143. The molecule has 0 bridgehead atoms. The number of alkyl halides is 2. The van der Waals surface area contributed by atoms with Crippen molar-refractivity contribution in [1.29, 1.82) is 0 Å². The fraction of sp³-hybridized carbons (Fsp3) is 0.588. The molecule has 0 radical (unpaired) electrons. The first-order chi connectivity index (χ1) is 12.1. The summed E-state index contributed by atoms with van der Waals surface area (Å²) in [5, 5.41) is 0. The number of hydrogen-bond donors (Lipinski definition) is 0. The second kappa shape index (κ2) is 8.41. The number of halogens is 2. The highest BCUT2D eigenvalue weighted by molar-refractivity contribution is 7.89. The van der Waals surface area contributed by atoms with E-state index >= 15 is 0 Å². The fourth-order valence-corrected chi connectivity index (χ4v) is 3.82. The summed E-state index contributed by atoms with van der Waals surface area (Å²) in [5.74, 6) is -0.923. The van der Waals surface area contributed by atoms with Gasteiger partial charge in [0.05, 0.1) is 30.6 Å². The van der Waals surface area contributed by atoms with E-state index < -0.39 is 33.9 Å². The van der Waals surface area contributed by atoms with Crippen molar-refractivity contribution in [1.82, 2.24) is 4.31 Å². The van der Waals surface area contributed by atoms with Crippen LogP contribution >= 0.6 is 0 Å². The number of hydrogen-bond acceptors (Lipinski definition) is 5. The third kappa shape index (κ3) is 5.21. The molecule has 1 aromatic carbocycles. The Morgan fingerprint density at radius 2 is 1.96 bits per heavy atom. The van der Waals surface area contributed by atoms with E-state index in [4.69, 9.17) is 9.47 Å². The van der Waals surface area contributed by atoms with Gasteiger partial charge in [0.2, 0.25) is 10.0 Å². The first-order valence-electron chi connectivity index (χ1n) is 8.31. The zero-order valence-corrected chi connectivity index (χ0v) is 15.8. The molecule has 6 nitrogen and oxygen atoms in total. The molecule has 26 heavy (non-hydrogen) atoms. The van der Waals surface area contributed by atoms with Crippen LogP contribution in [0.5, 0.6) is 0 Å². The lowest BCUT2D eigenvalue weighted by atomic mass is 9.96. The molecule has 1 aliphatic rings. The number of ether oxygens (including phenoxy) is 2. The average Bonchev–Trinajstić information content (AvgIpc) is 3.38. The standard InChI is InChI=1S/C17H23F2NO5S/c1-4-24-16(21)5-11(2)12-6-13(17(18)19)8-15(7-12)26(22,23)20(3)9-14-10-25-14/h6-8,11,14,17H,4-5,9-10H2,1-3H3/t11?,14-/m0/s1. The Morgan fingerprint density at radius 1 is 1.35 bits per heavy atom. The predicted molar refractivity (Wildman–Crippen MR) is 90.6 cm³/mol. The molecule has 0 amide bonds. The Morgan fingerprint density at radius 3 is 2.50 bits per heavy atom. The first-order valence-corrected chi connectivity index (χ1v) is 9.75. The van der Waals surface area contributed by atoms with Gasteiger partial charge in [-0.2, -0.15) is 4.31 Å². The largest absolute Gasteiger partial charge is 0.466 e. The molecular formula is C17H23F2NO5S. The van der Waals surface area contributed by atoms with Crippen molar-refractivity contribution in [2.75, 3.05) is 26.8 Å². The summed E-state index contributed by atoms with van der Waals surface area (Å²) < 4.78 is 62.9. The van der Waals surface area contributed by atoms with Crippen molar-refractivity contribution in [3.05, 3.63) is 29.3 Å². The highest BCUT2D eigenvalue weighted by Gasteiger charge is 2.31. The summed E-state index contributed by atoms with van der Waals surface area (Å²) in [7, 11) is -2.56. The molecule has 1 aliphatic heterocycles. The van der Waals surface area contributed by atoms with Gasteiger partial charge in [-0.1, -0.05) is 6.92 Å². The number of likely N-dealkylation sites (N-methyl/N-ethyl adjacent to an activating group) is 1. The molecular weight excluding hydrogens is 368 g/mol. The summed E-state index contributed by atoms with van der Waals surface area (Å²) in [6.07, 6.45) is -3.00. The van der Waals surface area contributed by atoms with E-state index in [1.54, 1.807) is 13.8 Å². The van der Waals surface area contributed by atoms with Crippen molar-refractivity contribution in [2.24, 2.45) is 0 Å². The van der Waals surface area contributed by atoms with Crippen molar-refractivity contribution in [2.45, 2.75) is 43.6 Å². The van der Waals surface area contributed by atoms with Crippen LogP contribution in [0.25, 0.3) is 0 Å². The Kier molecular flexibility index (Phi) is 6.70. The maximum absolute atomic E-state index is 13.3. The van der Waals surface area contributed by atoms with Crippen LogP contribution in [0.2, 0.25) is 0 Å².